The van der Waals surface area contributed by atoms with Crippen molar-refractivity contribution in [3.05, 3.63) is 35.4 Å². The highest BCUT2D eigenvalue weighted by Gasteiger charge is 2.14. The fourth-order valence-corrected chi connectivity index (χ4v) is 2.08. The van der Waals surface area contributed by atoms with Crippen LogP contribution in [0, 0.1) is 0 Å². The number of amides is 1. The van der Waals surface area contributed by atoms with Crippen molar-refractivity contribution in [2.45, 2.75) is 6.54 Å². The SMILES string of the molecule is CN1CCN(NCc2ccccc2C(N)=O)CC1. The van der Waals surface area contributed by atoms with E-state index in [0.29, 0.717) is 12.1 Å². The number of nitrogens with two attached hydrogens (primary N) is 1. The maximum atomic E-state index is 11.3. The van der Waals surface area contributed by atoms with Gasteiger partial charge in [-0.25, -0.2) is 5.01 Å². The predicted octanol–water partition coefficient (Wildman–Crippen LogP) is 0.0375. The molecule has 3 N–H and O–H groups in total. The molecule has 0 aromatic heterocycles. The van der Waals surface area contributed by atoms with E-state index in [-0.39, 0.29) is 5.91 Å². The number of hydrogen-bond donors (Lipinski definition) is 2. The molecule has 1 heterocycles. The molecule has 18 heavy (non-hydrogen) atoms. The Morgan fingerprint density at radius 2 is 1.94 bits per heavy atom. The topological polar surface area (TPSA) is 61.6 Å². The average Bonchev–Trinajstić information content (AvgIpc) is 2.38. The maximum absolute atomic E-state index is 11.3. The number of nitrogens with zero attached hydrogens (tertiary/aromatic N) is 2. The van der Waals surface area contributed by atoms with Crippen LogP contribution >= 0.6 is 0 Å². The van der Waals surface area contributed by atoms with Gasteiger partial charge in [-0.15, -0.1) is 0 Å². The van der Waals surface area contributed by atoms with Crippen LogP contribution in [0.5, 0.6) is 0 Å². The minimum Gasteiger partial charge on any atom is -0.366 e. The lowest BCUT2D eigenvalue weighted by molar-refractivity contribution is 0.0982. The smallest absolute Gasteiger partial charge is 0.249 e. The molecule has 1 aromatic carbocycles. The van der Waals surface area contributed by atoms with Crippen LogP contribution in [0.4, 0.5) is 0 Å². The van der Waals surface area contributed by atoms with E-state index in [4.69, 9.17) is 5.73 Å². The van der Waals surface area contributed by atoms with Gasteiger partial charge in [0.25, 0.3) is 0 Å². The van der Waals surface area contributed by atoms with Crippen molar-refractivity contribution < 1.29 is 4.79 Å². The number of hydrazine groups is 1. The molecule has 0 unspecified atom stereocenters. The number of carbonyl (C=O) groups is 1. The molecule has 1 aliphatic heterocycles. The Morgan fingerprint density at radius 3 is 2.61 bits per heavy atom. The standard InChI is InChI=1S/C13H20N4O/c1-16-6-8-17(9-7-16)15-10-11-4-2-3-5-12(11)13(14)18/h2-5,15H,6-10H2,1H3,(H2,14,18). The first kappa shape index (κ1) is 13.0. The summed E-state index contributed by atoms with van der Waals surface area (Å²) in [5.74, 6) is -0.370. The summed E-state index contributed by atoms with van der Waals surface area (Å²) < 4.78 is 0. The van der Waals surface area contributed by atoms with Gasteiger partial charge in [0, 0.05) is 38.3 Å². The Kier molecular flexibility index (Phi) is 4.30. The fourth-order valence-electron chi connectivity index (χ4n) is 2.08. The van der Waals surface area contributed by atoms with E-state index in [1.54, 1.807) is 6.07 Å². The summed E-state index contributed by atoms with van der Waals surface area (Å²) in [6, 6.07) is 7.46. The largest absolute Gasteiger partial charge is 0.366 e. The van der Waals surface area contributed by atoms with E-state index in [2.05, 4.69) is 22.4 Å². The lowest BCUT2D eigenvalue weighted by Crippen LogP contribution is -2.50. The Morgan fingerprint density at radius 1 is 1.28 bits per heavy atom. The van der Waals surface area contributed by atoms with Crippen molar-refractivity contribution in [3.63, 3.8) is 0 Å². The van der Waals surface area contributed by atoms with Crippen LogP contribution in [0.25, 0.3) is 0 Å². The van der Waals surface area contributed by atoms with Crippen LogP contribution in [0.1, 0.15) is 15.9 Å². The van der Waals surface area contributed by atoms with E-state index < -0.39 is 0 Å². The Bertz CT molecular complexity index is 413. The molecule has 1 aromatic rings. The van der Waals surface area contributed by atoms with E-state index in [1.165, 1.54) is 0 Å². The van der Waals surface area contributed by atoms with Crippen LogP contribution in [-0.4, -0.2) is 49.0 Å². The molecule has 0 saturated carbocycles. The molecule has 0 radical (unpaired) electrons. The van der Waals surface area contributed by atoms with Crippen molar-refractivity contribution in [2.75, 3.05) is 33.2 Å². The van der Waals surface area contributed by atoms with Crippen LogP contribution in [0.2, 0.25) is 0 Å². The first-order chi connectivity index (χ1) is 8.66. The first-order valence-electron chi connectivity index (χ1n) is 6.21. The summed E-state index contributed by atoms with van der Waals surface area (Å²) >= 11 is 0. The van der Waals surface area contributed by atoms with Crippen molar-refractivity contribution >= 4 is 5.91 Å². The number of piperazine rings is 1. The molecule has 1 aliphatic rings. The highest BCUT2D eigenvalue weighted by atomic mass is 16.1. The summed E-state index contributed by atoms with van der Waals surface area (Å²) in [7, 11) is 2.12. The summed E-state index contributed by atoms with van der Waals surface area (Å²) in [6.45, 7) is 4.75. The second-order valence-corrected chi connectivity index (χ2v) is 4.65. The van der Waals surface area contributed by atoms with Gasteiger partial charge < -0.3 is 10.6 Å². The van der Waals surface area contributed by atoms with E-state index >= 15 is 0 Å². The molecule has 5 heteroatoms. The number of benzene rings is 1. The molecule has 0 aliphatic carbocycles. The summed E-state index contributed by atoms with van der Waals surface area (Å²) in [4.78, 5) is 13.6. The zero-order chi connectivity index (χ0) is 13.0. The lowest BCUT2D eigenvalue weighted by atomic mass is 10.1. The molecule has 1 saturated heterocycles. The third-order valence-corrected chi connectivity index (χ3v) is 3.28. The number of carbonyl (C=O) groups excluding carboxylic acids is 1. The first-order valence-corrected chi connectivity index (χ1v) is 6.21. The van der Waals surface area contributed by atoms with Crippen LogP contribution < -0.4 is 11.2 Å². The van der Waals surface area contributed by atoms with Gasteiger partial charge in [0.15, 0.2) is 0 Å². The molecular formula is C13H20N4O. The van der Waals surface area contributed by atoms with Crippen LogP contribution in [0.3, 0.4) is 0 Å². The minimum absolute atomic E-state index is 0.370. The van der Waals surface area contributed by atoms with Gasteiger partial charge in [0.2, 0.25) is 5.91 Å². The molecular weight excluding hydrogens is 228 g/mol. The summed E-state index contributed by atoms with van der Waals surface area (Å²) in [5.41, 5.74) is 10.3. The van der Waals surface area contributed by atoms with Crippen molar-refractivity contribution in [1.29, 1.82) is 0 Å². The predicted molar refractivity (Wildman–Crippen MR) is 70.9 cm³/mol. The van der Waals surface area contributed by atoms with Gasteiger partial charge in [0.1, 0.15) is 0 Å². The van der Waals surface area contributed by atoms with Crippen LogP contribution in [-0.2, 0) is 6.54 Å². The summed E-state index contributed by atoms with van der Waals surface area (Å²) in [6.07, 6.45) is 0. The van der Waals surface area contributed by atoms with E-state index in [9.17, 15) is 4.79 Å². The van der Waals surface area contributed by atoms with Gasteiger partial charge in [-0.2, -0.15) is 0 Å². The van der Waals surface area contributed by atoms with E-state index in [0.717, 1.165) is 31.7 Å². The number of likely N-dealkylation sites (N-methyl/N-ethyl adjacent to an activating group) is 1. The average molecular weight is 248 g/mol. The normalized spacial score (nSPS) is 17.8. The number of nitrogens with one attached hydrogen (secondary N) is 1. The van der Waals surface area contributed by atoms with Crippen molar-refractivity contribution in [3.8, 4) is 0 Å². The molecule has 5 nitrogen and oxygen atoms in total. The second kappa shape index (κ2) is 5.95. The number of rotatable bonds is 4. The maximum Gasteiger partial charge on any atom is 0.249 e. The third-order valence-electron chi connectivity index (χ3n) is 3.28. The van der Waals surface area contributed by atoms with Crippen molar-refractivity contribution in [1.82, 2.24) is 15.3 Å². The van der Waals surface area contributed by atoms with Gasteiger partial charge in [-0.1, -0.05) is 18.2 Å². The summed E-state index contributed by atoms with van der Waals surface area (Å²) in [5, 5.41) is 2.19. The molecule has 2 rings (SSSR count). The van der Waals surface area contributed by atoms with Crippen LogP contribution in [0.15, 0.2) is 24.3 Å². The zero-order valence-corrected chi connectivity index (χ0v) is 10.7. The van der Waals surface area contributed by atoms with Gasteiger partial charge in [0.05, 0.1) is 0 Å². The molecule has 0 bridgehead atoms. The highest BCUT2D eigenvalue weighted by Crippen LogP contribution is 2.08. The zero-order valence-electron chi connectivity index (χ0n) is 10.7. The monoisotopic (exact) mass is 248 g/mol. The fraction of sp³-hybridized carbons (Fsp3) is 0.462. The van der Waals surface area contributed by atoms with Gasteiger partial charge in [-0.3, -0.25) is 10.2 Å². The van der Waals surface area contributed by atoms with Gasteiger partial charge >= 0.3 is 0 Å². The molecule has 0 spiro atoms. The lowest BCUT2D eigenvalue weighted by Gasteiger charge is -2.32. The van der Waals surface area contributed by atoms with Crippen molar-refractivity contribution in [2.24, 2.45) is 5.73 Å². The minimum atomic E-state index is -0.370. The molecule has 1 fully saturated rings. The number of hydrogen-bond acceptors (Lipinski definition) is 4. The Labute approximate surface area is 108 Å². The highest BCUT2D eigenvalue weighted by molar-refractivity contribution is 5.94. The molecule has 0 atom stereocenters. The molecule has 98 valence electrons. The number of primary amides is 1. The molecule has 1 amide bonds. The second-order valence-electron chi connectivity index (χ2n) is 4.65. The Hall–Kier alpha value is -1.43. The van der Waals surface area contributed by atoms with Gasteiger partial charge in [-0.05, 0) is 18.7 Å². The quantitative estimate of drug-likeness (QED) is 0.789. The Balaban J connectivity index is 1.92. The van der Waals surface area contributed by atoms with E-state index in [1.807, 2.05) is 18.2 Å². The third kappa shape index (κ3) is 3.29.